The van der Waals surface area contributed by atoms with Gasteiger partial charge in [-0.25, -0.2) is 0 Å². The first-order chi connectivity index (χ1) is 34.2. The predicted octanol–water partition coefficient (Wildman–Crippen LogP) is 17.0. The zero-order valence-corrected chi connectivity index (χ0v) is 46.2. The van der Waals surface area contributed by atoms with Gasteiger partial charge in [0, 0.05) is 31.2 Å². The van der Waals surface area contributed by atoms with Crippen LogP contribution in [-0.2, 0) is 31.9 Å². The summed E-state index contributed by atoms with van der Waals surface area (Å²) in [7, 11) is 0. The van der Waals surface area contributed by atoms with E-state index < -0.39 is 32.3 Å². The molecule has 0 saturated heterocycles. The van der Waals surface area contributed by atoms with Gasteiger partial charge in [0.25, 0.3) is 0 Å². The van der Waals surface area contributed by atoms with Gasteiger partial charge in [0.2, 0.25) is 0 Å². The number of para-hydroxylation sites is 2. The fourth-order valence-electron chi connectivity index (χ4n) is 9.32. The molecule has 10 rings (SSSR count). The number of fused-ring (bicyclic) bond motifs is 7. The van der Waals surface area contributed by atoms with Gasteiger partial charge in [-0.2, -0.15) is 0 Å². The maximum absolute atomic E-state index is 14.6. The van der Waals surface area contributed by atoms with Gasteiger partial charge in [0.1, 0.15) is 5.58 Å². The zero-order chi connectivity index (χ0) is 52.7. The third kappa shape index (κ3) is 9.87. The molecular weight excluding hydrogens is 1090 g/mol. The molecule has 69 heavy (non-hydrogen) atoms. The molecule has 7 heteroatoms. The molecule has 4 nitrogen and oxygen atoms in total. The molecule has 0 unspecified atom stereocenters. The van der Waals surface area contributed by atoms with E-state index in [9.17, 15) is 4.39 Å². The van der Waals surface area contributed by atoms with Crippen molar-refractivity contribution in [3.63, 3.8) is 0 Å². The van der Waals surface area contributed by atoms with Crippen molar-refractivity contribution in [1.82, 2.24) is 14.5 Å². The maximum Gasteiger partial charge on any atom is 0 e. The third-order valence-electron chi connectivity index (χ3n) is 12.9. The summed E-state index contributed by atoms with van der Waals surface area (Å²) in [5.74, 6) is 7.06. The van der Waals surface area contributed by atoms with Gasteiger partial charge in [-0.15, -0.1) is 23.8 Å². The standard InChI is InChI=1S/C43H39N2O.C19H25FGeN.Ir/c1-25(2)32-22-30(43(5,6)7)23-33(26(3)4)41(32)45-38-15-11-10-14-37(38)44-42(45)29-18-19-39-35(20-29)36-24-34-28(21-40(36)46-39)17-16-27-12-8-9-13-31(27)34;1-13(2)9-15-11-19(22-12-18(15)21(4,5)6)16-8-7-14(3)10-17(16)20;/h8-17,19-26H,1-7H3;7,10-13H,9H2,1-6H3;/q2*-1;/i;3D3,9D2;. The van der Waals surface area contributed by atoms with Gasteiger partial charge in [-0.3, -0.25) is 4.98 Å². The van der Waals surface area contributed by atoms with Crippen LogP contribution in [0.5, 0.6) is 0 Å². The molecule has 3 aromatic heterocycles. The number of aromatic nitrogens is 3. The fraction of sp³-hybridized carbons (Fsp3) is 0.290. The van der Waals surface area contributed by atoms with E-state index in [1.807, 2.05) is 19.9 Å². The molecule has 10 aromatic rings. The number of furan rings is 1. The van der Waals surface area contributed by atoms with Crippen molar-refractivity contribution in [1.29, 1.82) is 0 Å². The molecule has 0 aliphatic carbocycles. The molecule has 7 aromatic carbocycles. The number of imidazole rings is 1. The van der Waals surface area contributed by atoms with Crippen LogP contribution in [0.2, 0.25) is 17.3 Å². The minimum Gasteiger partial charge on any atom is 0 e. The first-order valence-corrected chi connectivity index (χ1v) is 31.2. The zero-order valence-electron chi connectivity index (χ0n) is 46.7. The van der Waals surface area contributed by atoms with Crippen molar-refractivity contribution >= 4 is 72.2 Å². The molecule has 0 aliphatic rings. The smallest absolute Gasteiger partial charge is 0 e. The number of nitrogens with zero attached hydrogens (tertiary/aromatic N) is 3. The third-order valence-corrected chi connectivity index (χ3v) is 17.1. The van der Waals surface area contributed by atoms with Gasteiger partial charge in [0.15, 0.2) is 0 Å². The Morgan fingerprint density at radius 1 is 0.754 bits per heavy atom. The van der Waals surface area contributed by atoms with Crippen LogP contribution >= 0.6 is 0 Å². The van der Waals surface area contributed by atoms with Crippen LogP contribution < -0.4 is 4.40 Å². The van der Waals surface area contributed by atoms with E-state index in [2.05, 4.69) is 178 Å². The van der Waals surface area contributed by atoms with Crippen molar-refractivity contribution in [2.24, 2.45) is 5.92 Å². The Morgan fingerprint density at radius 3 is 2.10 bits per heavy atom. The van der Waals surface area contributed by atoms with Crippen molar-refractivity contribution in [2.45, 2.75) is 110 Å². The van der Waals surface area contributed by atoms with E-state index in [0.717, 1.165) is 54.8 Å². The summed E-state index contributed by atoms with van der Waals surface area (Å²) in [5, 5.41) is 7.09. The summed E-state index contributed by atoms with van der Waals surface area (Å²) in [6.07, 6.45) is 0.0798. The number of halogens is 1. The molecule has 0 N–H and O–H groups in total. The molecule has 0 bridgehead atoms. The van der Waals surface area contributed by atoms with Crippen molar-refractivity contribution in [3.8, 4) is 28.3 Å². The van der Waals surface area contributed by atoms with E-state index >= 15 is 0 Å². The van der Waals surface area contributed by atoms with Gasteiger partial charge in [-0.1, -0.05) is 115 Å². The van der Waals surface area contributed by atoms with E-state index in [1.54, 1.807) is 12.3 Å². The van der Waals surface area contributed by atoms with Gasteiger partial charge >= 0.3 is 143 Å². The molecule has 0 spiro atoms. The SMILES string of the molecule is CC(C)c1cc(C(C)(C)C)cc(C(C)C)c1-n1c(-c2[c-]cc3oc4cc5ccc6ccccc6c5cc4c3c2)nc2ccccc21.[2H]C([2H])([2H])c1c[c-]c(-c2cc(C([2H])([2H])C(C)C)[c]([Ge]([CH3])([CH3])[CH3])cn2)c(F)c1.[Ir]. The molecule has 1 radical (unpaired) electrons. The fourth-order valence-corrected chi connectivity index (χ4v) is 12.3. The van der Waals surface area contributed by atoms with E-state index in [1.165, 1.54) is 50.0 Å². The van der Waals surface area contributed by atoms with Gasteiger partial charge in [0.05, 0.1) is 22.4 Å². The molecule has 0 atom stereocenters. The number of benzene rings is 7. The summed E-state index contributed by atoms with van der Waals surface area (Å²) in [6.45, 7) is 17.4. The minimum atomic E-state index is -2.43. The second-order valence-electron chi connectivity index (χ2n) is 21.2. The second kappa shape index (κ2) is 19.4. The van der Waals surface area contributed by atoms with Crippen molar-refractivity contribution in [2.75, 3.05) is 0 Å². The topological polar surface area (TPSA) is 43.9 Å². The molecule has 0 fully saturated rings. The number of pyridine rings is 1. The quantitative estimate of drug-likeness (QED) is 0.0865. The van der Waals surface area contributed by atoms with Crippen LogP contribution in [0.15, 0.2) is 126 Å². The Kier molecular flexibility index (Phi) is 12.3. The number of aryl methyl sites for hydroxylation is 1. The Balaban J connectivity index is 0.000000224. The average Bonchev–Trinajstić information content (AvgIpc) is 3.89. The Bertz CT molecular complexity index is 3720. The first-order valence-electron chi connectivity index (χ1n) is 26.3. The van der Waals surface area contributed by atoms with Crippen LogP contribution in [0.4, 0.5) is 4.39 Å². The average molecular weight is 1160 g/mol. The summed E-state index contributed by atoms with van der Waals surface area (Å²) in [4.78, 5) is 9.66. The largest absolute Gasteiger partial charge is 0 e. The summed E-state index contributed by atoms with van der Waals surface area (Å²) in [6, 6.07) is 45.1. The monoisotopic (exact) mass is 1160 g/mol. The van der Waals surface area contributed by atoms with Crippen molar-refractivity contribution in [3.05, 3.63) is 167 Å². The Hall–Kier alpha value is -5.40. The van der Waals surface area contributed by atoms with Crippen molar-refractivity contribution < 1.29 is 35.8 Å². The molecule has 0 saturated carbocycles. The maximum atomic E-state index is 14.6. The Labute approximate surface area is 431 Å². The predicted molar refractivity (Wildman–Crippen MR) is 289 cm³/mol. The van der Waals surface area contributed by atoms with E-state index in [-0.39, 0.29) is 48.3 Å². The molecule has 3 heterocycles. The number of hydrogen-bond acceptors (Lipinski definition) is 3. The van der Waals surface area contributed by atoms with E-state index in [4.69, 9.17) is 16.3 Å². The number of rotatable bonds is 8. The number of hydrogen-bond donors (Lipinski definition) is 0. The van der Waals surface area contributed by atoms with Crippen LogP contribution in [0.3, 0.4) is 0 Å². The molecule has 0 aliphatic heterocycles. The van der Waals surface area contributed by atoms with Crippen LogP contribution in [0.25, 0.3) is 82.8 Å². The summed E-state index contributed by atoms with van der Waals surface area (Å²) >= 11 is -2.43. The van der Waals surface area contributed by atoms with Gasteiger partial charge in [-0.05, 0) is 79.8 Å². The summed E-state index contributed by atoms with van der Waals surface area (Å²) < 4.78 is 63.7. The van der Waals surface area contributed by atoms with Crippen LogP contribution in [0.1, 0.15) is 109 Å². The summed E-state index contributed by atoms with van der Waals surface area (Å²) in [5.41, 5.74) is 10.8. The van der Waals surface area contributed by atoms with Gasteiger partial charge < -0.3 is 8.98 Å². The second-order valence-corrected chi connectivity index (χ2v) is 31.8. The van der Waals surface area contributed by atoms with E-state index in [0.29, 0.717) is 17.4 Å². The Morgan fingerprint density at radius 2 is 1.43 bits per heavy atom. The van der Waals surface area contributed by atoms with Crippen LogP contribution in [0, 0.1) is 30.7 Å². The normalized spacial score (nSPS) is 13.7. The minimum absolute atomic E-state index is 0. The first kappa shape index (κ1) is 43.6. The molecule has 0 amide bonds. The van der Waals surface area contributed by atoms with Crippen LogP contribution in [-0.4, -0.2) is 27.8 Å². The molecular formula is C62H64FGeIrN3O-2. The molecule has 355 valence electrons.